The number of rotatable bonds is 5. The second-order valence-corrected chi connectivity index (χ2v) is 3.96. The largest absolute Gasteiger partial charge is 0.321 e. The second-order valence-electron chi connectivity index (χ2n) is 3.96. The molecule has 0 aliphatic carbocycles. The van der Waals surface area contributed by atoms with Gasteiger partial charge in [0.05, 0.1) is 6.04 Å². The van der Waals surface area contributed by atoms with Crippen LogP contribution in [0.15, 0.2) is 24.3 Å². The van der Waals surface area contributed by atoms with E-state index < -0.39 is 0 Å². The molecule has 1 unspecified atom stereocenters. The zero-order valence-electron chi connectivity index (χ0n) is 9.49. The summed E-state index contributed by atoms with van der Waals surface area (Å²) in [7, 11) is 0. The van der Waals surface area contributed by atoms with Gasteiger partial charge in [0.2, 0.25) is 0 Å². The summed E-state index contributed by atoms with van der Waals surface area (Å²) in [6.45, 7) is 4.06. The number of hydrogen-bond donors (Lipinski definition) is 1. The Balaban J connectivity index is 2.62. The summed E-state index contributed by atoms with van der Waals surface area (Å²) in [6.07, 6.45) is 2.21. The molecule has 2 N–H and O–H groups in total. The molecule has 1 aromatic carbocycles. The molecule has 1 aromatic rings. The normalized spacial score (nSPS) is 12.5. The predicted molar refractivity (Wildman–Crippen MR) is 62.8 cm³/mol. The highest BCUT2D eigenvalue weighted by Gasteiger charge is 2.13. The van der Waals surface area contributed by atoms with Crippen molar-refractivity contribution in [2.75, 3.05) is 0 Å². The standard InChI is InChI=1S/C13H19NO/c1-3-6-12(14)13(15)9-11-8-5-4-7-10(11)2/h4-5,7-8,12H,3,6,9,14H2,1-2H3. The Morgan fingerprint density at radius 1 is 1.40 bits per heavy atom. The smallest absolute Gasteiger partial charge is 0.153 e. The highest BCUT2D eigenvalue weighted by molar-refractivity contribution is 5.86. The molecule has 82 valence electrons. The fourth-order valence-corrected chi connectivity index (χ4v) is 1.60. The minimum Gasteiger partial charge on any atom is -0.321 e. The molecule has 1 atom stereocenters. The van der Waals surface area contributed by atoms with Crippen molar-refractivity contribution in [1.82, 2.24) is 0 Å². The second kappa shape index (κ2) is 5.66. The molecule has 2 nitrogen and oxygen atoms in total. The average Bonchev–Trinajstić information content (AvgIpc) is 2.21. The molecule has 0 aliphatic heterocycles. The first-order valence-corrected chi connectivity index (χ1v) is 5.48. The Morgan fingerprint density at radius 3 is 2.67 bits per heavy atom. The summed E-state index contributed by atoms with van der Waals surface area (Å²) in [5.74, 6) is 0.145. The van der Waals surface area contributed by atoms with Crippen molar-refractivity contribution < 1.29 is 4.79 Å². The van der Waals surface area contributed by atoms with Crippen LogP contribution >= 0.6 is 0 Å². The van der Waals surface area contributed by atoms with Crippen LogP contribution in [0.5, 0.6) is 0 Å². The molecular formula is C13H19NO. The zero-order valence-corrected chi connectivity index (χ0v) is 9.49. The summed E-state index contributed by atoms with van der Waals surface area (Å²) in [5.41, 5.74) is 8.03. The molecule has 0 aromatic heterocycles. The lowest BCUT2D eigenvalue weighted by molar-refractivity contribution is -0.119. The van der Waals surface area contributed by atoms with E-state index in [0.717, 1.165) is 24.0 Å². The van der Waals surface area contributed by atoms with Gasteiger partial charge in [-0.1, -0.05) is 37.6 Å². The lowest BCUT2D eigenvalue weighted by atomic mass is 9.98. The molecular weight excluding hydrogens is 186 g/mol. The van der Waals surface area contributed by atoms with Gasteiger partial charge in [-0.3, -0.25) is 4.79 Å². The van der Waals surface area contributed by atoms with Gasteiger partial charge in [-0.15, -0.1) is 0 Å². The molecule has 0 saturated carbocycles. The van der Waals surface area contributed by atoms with Crippen LogP contribution in [0.25, 0.3) is 0 Å². The van der Waals surface area contributed by atoms with E-state index in [1.54, 1.807) is 0 Å². The Kier molecular flexibility index (Phi) is 4.50. The van der Waals surface area contributed by atoms with Crippen LogP contribution in [0.1, 0.15) is 30.9 Å². The maximum absolute atomic E-state index is 11.7. The Labute approximate surface area is 91.5 Å². The maximum Gasteiger partial charge on any atom is 0.153 e. The van der Waals surface area contributed by atoms with Crippen molar-refractivity contribution >= 4 is 5.78 Å². The third-order valence-corrected chi connectivity index (χ3v) is 2.64. The highest BCUT2D eigenvalue weighted by atomic mass is 16.1. The number of Topliss-reactive ketones (excluding diaryl/α,β-unsaturated/α-hetero) is 1. The highest BCUT2D eigenvalue weighted by Crippen LogP contribution is 2.09. The van der Waals surface area contributed by atoms with Crippen LogP contribution < -0.4 is 5.73 Å². The van der Waals surface area contributed by atoms with Crippen LogP contribution in [0.3, 0.4) is 0 Å². The van der Waals surface area contributed by atoms with Crippen LogP contribution in [-0.4, -0.2) is 11.8 Å². The SMILES string of the molecule is CCCC(N)C(=O)Cc1ccccc1C. The minimum absolute atomic E-state index is 0.145. The molecule has 0 radical (unpaired) electrons. The molecule has 2 heteroatoms. The van der Waals surface area contributed by atoms with E-state index in [2.05, 4.69) is 0 Å². The third kappa shape index (κ3) is 3.48. The van der Waals surface area contributed by atoms with Crippen molar-refractivity contribution in [2.45, 2.75) is 39.2 Å². The summed E-state index contributed by atoms with van der Waals surface area (Å²) < 4.78 is 0. The molecule has 0 fully saturated rings. The number of aryl methyl sites for hydroxylation is 1. The fraction of sp³-hybridized carbons (Fsp3) is 0.462. The number of hydrogen-bond acceptors (Lipinski definition) is 2. The van der Waals surface area contributed by atoms with Crippen molar-refractivity contribution in [2.24, 2.45) is 5.73 Å². The Bertz CT molecular complexity index is 333. The number of nitrogens with two attached hydrogens (primary N) is 1. The van der Waals surface area contributed by atoms with E-state index >= 15 is 0 Å². The van der Waals surface area contributed by atoms with Crippen LogP contribution in [0.2, 0.25) is 0 Å². The van der Waals surface area contributed by atoms with E-state index in [1.165, 1.54) is 0 Å². The molecule has 1 rings (SSSR count). The Morgan fingerprint density at radius 2 is 2.07 bits per heavy atom. The van der Waals surface area contributed by atoms with Crippen molar-refractivity contribution in [1.29, 1.82) is 0 Å². The van der Waals surface area contributed by atoms with Crippen molar-refractivity contribution in [3.63, 3.8) is 0 Å². The van der Waals surface area contributed by atoms with Gasteiger partial charge in [-0.05, 0) is 24.5 Å². The third-order valence-electron chi connectivity index (χ3n) is 2.64. The Hall–Kier alpha value is -1.15. The van der Waals surface area contributed by atoms with Gasteiger partial charge in [0.1, 0.15) is 0 Å². The van der Waals surface area contributed by atoms with Gasteiger partial charge in [0.25, 0.3) is 0 Å². The molecule has 15 heavy (non-hydrogen) atoms. The summed E-state index contributed by atoms with van der Waals surface area (Å²) in [5, 5.41) is 0. The summed E-state index contributed by atoms with van der Waals surface area (Å²) in [4.78, 5) is 11.7. The van der Waals surface area contributed by atoms with Gasteiger partial charge in [0, 0.05) is 6.42 Å². The van der Waals surface area contributed by atoms with E-state index in [4.69, 9.17) is 5.73 Å². The summed E-state index contributed by atoms with van der Waals surface area (Å²) in [6, 6.07) is 7.66. The molecule has 0 heterocycles. The lowest BCUT2D eigenvalue weighted by Crippen LogP contribution is -2.31. The summed E-state index contributed by atoms with van der Waals surface area (Å²) >= 11 is 0. The number of carbonyl (C=O) groups is 1. The van der Waals surface area contributed by atoms with E-state index in [9.17, 15) is 4.79 Å². The quantitative estimate of drug-likeness (QED) is 0.801. The monoisotopic (exact) mass is 205 g/mol. The minimum atomic E-state index is -0.297. The zero-order chi connectivity index (χ0) is 11.3. The molecule has 0 saturated heterocycles. The number of carbonyl (C=O) groups excluding carboxylic acids is 1. The van der Waals surface area contributed by atoms with Crippen molar-refractivity contribution in [3.8, 4) is 0 Å². The number of benzene rings is 1. The van der Waals surface area contributed by atoms with Gasteiger partial charge >= 0.3 is 0 Å². The van der Waals surface area contributed by atoms with Crippen LogP contribution in [0.4, 0.5) is 0 Å². The van der Waals surface area contributed by atoms with Gasteiger partial charge in [-0.2, -0.15) is 0 Å². The lowest BCUT2D eigenvalue weighted by Gasteiger charge is -2.10. The van der Waals surface area contributed by atoms with E-state index in [0.29, 0.717) is 6.42 Å². The topological polar surface area (TPSA) is 43.1 Å². The first-order valence-electron chi connectivity index (χ1n) is 5.48. The van der Waals surface area contributed by atoms with Crippen LogP contribution in [0, 0.1) is 6.92 Å². The fourth-order valence-electron chi connectivity index (χ4n) is 1.60. The van der Waals surface area contributed by atoms with Crippen LogP contribution in [-0.2, 0) is 11.2 Å². The molecule has 0 spiro atoms. The maximum atomic E-state index is 11.7. The average molecular weight is 205 g/mol. The first kappa shape index (κ1) is 11.9. The van der Waals surface area contributed by atoms with Gasteiger partial charge in [-0.25, -0.2) is 0 Å². The molecule has 0 bridgehead atoms. The van der Waals surface area contributed by atoms with Crippen molar-refractivity contribution in [3.05, 3.63) is 35.4 Å². The van der Waals surface area contributed by atoms with E-state index in [1.807, 2.05) is 38.1 Å². The molecule has 0 amide bonds. The number of ketones is 1. The molecule has 0 aliphatic rings. The first-order chi connectivity index (χ1) is 7.15. The predicted octanol–water partition coefficient (Wildman–Crippen LogP) is 2.23. The van der Waals surface area contributed by atoms with Gasteiger partial charge in [0.15, 0.2) is 5.78 Å². The van der Waals surface area contributed by atoms with E-state index in [-0.39, 0.29) is 11.8 Å². The van der Waals surface area contributed by atoms with Gasteiger partial charge < -0.3 is 5.73 Å².